The fourth-order valence-electron chi connectivity index (χ4n) is 3.21. The summed E-state index contributed by atoms with van der Waals surface area (Å²) in [4.78, 5) is 20.0. The molecule has 0 unspecified atom stereocenters. The Balaban J connectivity index is 1.61. The van der Waals surface area contributed by atoms with E-state index in [0.29, 0.717) is 47.0 Å². The van der Waals surface area contributed by atoms with E-state index in [0.717, 1.165) is 22.3 Å². The van der Waals surface area contributed by atoms with Crippen molar-refractivity contribution in [2.45, 2.75) is 13.1 Å². The van der Waals surface area contributed by atoms with Crippen LogP contribution in [0.1, 0.15) is 20.9 Å². The first-order chi connectivity index (χ1) is 14.7. The van der Waals surface area contributed by atoms with Crippen LogP contribution in [0.2, 0.25) is 4.34 Å². The molecule has 1 fully saturated rings. The Labute approximate surface area is 189 Å². The second-order valence-corrected chi connectivity index (χ2v) is 9.53. The van der Waals surface area contributed by atoms with Gasteiger partial charge in [-0.05, 0) is 37.3 Å². The molecule has 0 saturated carbocycles. The first kappa shape index (κ1) is 22.1. The molecule has 0 aliphatic carbocycles. The van der Waals surface area contributed by atoms with E-state index in [-0.39, 0.29) is 10.6 Å². The van der Waals surface area contributed by atoms with Crippen LogP contribution in [0.25, 0.3) is 9.88 Å². The highest BCUT2D eigenvalue weighted by atomic mass is 35.5. The van der Waals surface area contributed by atoms with Gasteiger partial charge in [-0.2, -0.15) is 13.2 Å². The summed E-state index contributed by atoms with van der Waals surface area (Å²) in [5, 5.41) is 3.02. The van der Waals surface area contributed by atoms with Crippen LogP contribution in [0, 0.1) is 6.92 Å². The number of benzene rings is 1. The van der Waals surface area contributed by atoms with Crippen LogP contribution >= 0.6 is 34.3 Å². The quantitative estimate of drug-likeness (QED) is 0.494. The molecule has 1 aliphatic heterocycles. The maximum Gasteiger partial charge on any atom is 0.418 e. The summed E-state index contributed by atoms with van der Waals surface area (Å²) in [6.45, 7) is 3.60. The molecule has 11 heteroatoms. The van der Waals surface area contributed by atoms with Gasteiger partial charge in [-0.25, -0.2) is 4.98 Å². The first-order valence-corrected chi connectivity index (χ1v) is 11.3. The zero-order valence-electron chi connectivity index (χ0n) is 16.3. The summed E-state index contributed by atoms with van der Waals surface area (Å²) >= 11 is 8.39. The number of hydrogen-bond donors (Lipinski definition) is 1. The Morgan fingerprint density at radius 3 is 2.58 bits per heavy atom. The Morgan fingerprint density at radius 1 is 1.19 bits per heavy atom. The van der Waals surface area contributed by atoms with Gasteiger partial charge in [0.2, 0.25) is 0 Å². The molecule has 4 rings (SSSR count). The molecule has 1 N–H and O–H groups in total. The van der Waals surface area contributed by atoms with Crippen molar-refractivity contribution >= 4 is 51.6 Å². The lowest BCUT2D eigenvalue weighted by molar-refractivity contribution is -0.136. The van der Waals surface area contributed by atoms with Gasteiger partial charge in [0.05, 0.1) is 39.4 Å². The molecular formula is C20H17ClF3N3O2S2. The van der Waals surface area contributed by atoms with E-state index in [4.69, 9.17) is 16.3 Å². The summed E-state index contributed by atoms with van der Waals surface area (Å²) in [6, 6.07) is 7.46. The van der Waals surface area contributed by atoms with Crippen LogP contribution < -0.4 is 10.2 Å². The molecule has 5 nitrogen and oxygen atoms in total. The average molecular weight is 488 g/mol. The van der Waals surface area contributed by atoms with Crippen molar-refractivity contribution in [3.8, 4) is 9.88 Å². The van der Waals surface area contributed by atoms with Gasteiger partial charge in [-0.1, -0.05) is 11.6 Å². The maximum atomic E-state index is 13.7. The number of aromatic nitrogens is 1. The van der Waals surface area contributed by atoms with E-state index in [1.165, 1.54) is 17.4 Å². The number of nitrogens with zero attached hydrogens (tertiary/aromatic N) is 2. The molecule has 3 heterocycles. The molecular weight excluding hydrogens is 471 g/mol. The molecule has 3 aromatic rings. The van der Waals surface area contributed by atoms with Crippen molar-refractivity contribution in [1.82, 2.24) is 4.98 Å². The minimum Gasteiger partial charge on any atom is -0.378 e. The van der Waals surface area contributed by atoms with E-state index in [1.807, 2.05) is 4.90 Å². The Hall–Kier alpha value is -2.14. The number of halogens is 4. The molecule has 2 aromatic heterocycles. The number of carbonyl (C=O) groups is 1. The molecule has 1 amide bonds. The van der Waals surface area contributed by atoms with Crippen LogP contribution in [0.3, 0.4) is 0 Å². The van der Waals surface area contributed by atoms with Crippen LogP contribution in [-0.4, -0.2) is 37.2 Å². The standard InChI is InChI=1S/C20H17ClF3N3O2S2/c1-11-17(31-19(25-11)15-4-5-16(21)30-15)18(28)26-14-3-2-12(10-13(14)20(22,23)24)27-6-8-29-9-7-27/h2-5,10H,6-9H2,1H3,(H,26,28). The first-order valence-electron chi connectivity index (χ1n) is 9.31. The van der Waals surface area contributed by atoms with Gasteiger partial charge in [-0.15, -0.1) is 22.7 Å². The Kier molecular flexibility index (Phi) is 6.25. The van der Waals surface area contributed by atoms with Crippen molar-refractivity contribution in [3.05, 3.63) is 50.8 Å². The second kappa shape index (κ2) is 8.78. The summed E-state index contributed by atoms with van der Waals surface area (Å²) in [5.74, 6) is -0.631. The third-order valence-corrected chi connectivity index (χ3v) is 7.28. The van der Waals surface area contributed by atoms with E-state index in [1.54, 1.807) is 25.1 Å². The molecule has 0 bridgehead atoms. The van der Waals surface area contributed by atoms with Gasteiger partial charge in [0.15, 0.2) is 0 Å². The Bertz CT molecular complexity index is 1110. The number of ether oxygens (including phenoxy) is 1. The lowest BCUT2D eigenvalue weighted by Gasteiger charge is -2.29. The summed E-state index contributed by atoms with van der Waals surface area (Å²) in [6.07, 6.45) is -4.62. The SMILES string of the molecule is Cc1nc(-c2ccc(Cl)s2)sc1C(=O)Nc1ccc(N2CCOCC2)cc1C(F)(F)F. The fourth-order valence-corrected chi connectivity index (χ4v) is 5.27. The number of morpholine rings is 1. The number of nitrogens with one attached hydrogen (secondary N) is 1. The molecule has 1 saturated heterocycles. The molecule has 1 aromatic carbocycles. The second-order valence-electron chi connectivity index (χ2n) is 6.82. The molecule has 164 valence electrons. The zero-order chi connectivity index (χ0) is 22.2. The number of anilines is 2. The van der Waals surface area contributed by atoms with Crippen molar-refractivity contribution in [2.24, 2.45) is 0 Å². The summed E-state index contributed by atoms with van der Waals surface area (Å²) in [5.41, 5.74) is -0.291. The van der Waals surface area contributed by atoms with Crippen LogP contribution in [0.15, 0.2) is 30.3 Å². The summed E-state index contributed by atoms with van der Waals surface area (Å²) < 4.78 is 47.1. The van der Waals surface area contributed by atoms with Crippen molar-refractivity contribution in [3.63, 3.8) is 0 Å². The lowest BCUT2D eigenvalue weighted by Crippen LogP contribution is -2.36. The number of aryl methyl sites for hydroxylation is 1. The number of rotatable bonds is 4. The van der Waals surface area contributed by atoms with Gasteiger partial charge < -0.3 is 15.0 Å². The lowest BCUT2D eigenvalue weighted by atomic mass is 10.1. The van der Waals surface area contributed by atoms with Gasteiger partial charge in [0.1, 0.15) is 9.88 Å². The van der Waals surface area contributed by atoms with E-state index in [9.17, 15) is 18.0 Å². The predicted molar refractivity (Wildman–Crippen MR) is 118 cm³/mol. The molecule has 0 radical (unpaired) electrons. The average Bonchev–Trinajstić information content (AvgIpc) is 3.33. The highest BCUT2D eigenvalue weighted by Crippen LogP contribution is 2.39. The third-order valence-electron chi connectivity index (χ3n) is 4.72. The molecule has 31 heavy (non-hydrogen) atoms. The number of thiophene rings is 1. The van der Waals surface area contributed by atoms with Crippen LogP contribution in [0.5, 0.6) is 0 Å². The minimum absolute atomic E-state index is 0.255. The number of amides is 1. The van der Waals surface area contributed by atoms with E-state index < -0.39 is 17.6 Å². The molecule has 1 aliphatic rings. The van der Waals surface area contributed by atoms with Gasteiger partial charge in [-0.3, -0.25) is 4.79 Å². The topological polar surface area (TPSA) is 54.5 Å². The van der Waals surface area contributed by atoms with Crippen molar-refractivity contribution in [2.75, 3.05) is 36.5 Å². The number of alkyl halides is 3. The highest BCUT2D eigenvalue weighted by molar-refractivity contribution is 7.24. The van der Waals surface area contributed by atoms with Gasteiger partial charge >= 0.3 is 6.18 Å². The number of thiazole rings is 1. The van der Waals surface area contributed by atoms with Crippen LogP contribution in [0.4, 0.5) is 24.5 Å². The Morgan fingerprint density at radius 2 is 1.94 bits per heavy atom. The monoisotopic (exact) mass is 487 g/mol. The largest absolute Gasteiger partial charge is 0.418 e. The van der Waals surface area contributed by atoms with Crippen molar-refractivity contribution < 1.29 is 22.7 Å². The third kappa shape index (κ3) is 4.87. The normalized spacial score (nSPS) is 14.7. The number of carbonyl (C=O) groups excluding carboxylic acids is 1. The van der Waals surface area contributed by atoms with E-state index >= 15 is 0 Å². The van der Waals surface area contributed by atoms with Crippen LogP contribution in [-0.2, 0) is 10.9 Å². The zero-order valence-corrected chi connectivity index (χ0v) is 18.6. The molecule has 0 spiro atoms. The predicted octanol–water partition coefficient (Wildman–Crippen LogP) is 5.94. The number of hydrogen-bond acceptors (Lipinski definition) is 6. The van der Waals surface area contributed by atoms with Crippen molar-refractivity contribution in [1.29, 1.82) is 0 Å². The minimum atomic E-state index is -4.62. The molecule has 0 atom stereocenters. The van der Waals surface area contributed by atoms with Gasteiger partial charge in [0, 0.05) is 18.8 Å². The highest BCUT2D eigenvalue weighted by Gasteiger charge is 2.35. The smallest absolute Gasteiger partial charge is 0.378 e. The summed E-state index contributed by atoms with van der Waals surface area (Å²) in [7, 11) is 0. The van der Waals surface area contributed by atoms with E-state index in [2.05, 4.69) is 10.3 Å². The maximum absolute atomic E-state index is 13.7. The fraction of sp³-hybridized carbons (Fsp3) is 0.300. The van der Waals surface area contributed by atoms with Gasteiger partial charge in [0.25, 0.3) is 5.91 Å².